The Kier molecular flexibility index (Phi) is 4.20. The second-order valence-electron chi connectivity index (χ2n) is 6.74. The van der Waals surface area contributed by atoms with E-state index in [4.69, 9.17) is 4.52 Å². The summed E-state index contributed by atoms with van der Waals surface area (Å²) in [5, 5.41) is 4.39. The van der Waals surface area contributed by atoms with Crippen LogP contribution >= 0.6 is 0 Å². The van der Waals surface area contributed by atoms with Gasteiger partial charge in [-0.1, -0.05) is 17.3 Å². The molecule has 0 fully saturated rings. The molecule has 0 aliphatic carbocycles. The average molecular weight is 402 g/mol. The van der Waals surface area contributed by atoms with Gasteiger partial charge >= 0.3 is 0 Å². The van der Waals surface area contributed by atoms with Gasteiger partial charge in [0.15, 0.2) is 0 Å². The molecule has 1 N–H and O–H groups in total. The topological polar surface area (TPSA) is 102 Å². The quantitative estimate of drug-likeness (QED) is 0.495. The zero-order chi connectivity index (χ0) is 20.7. The van der Waals surface area contributed by atoms with Crippen LogP contribution < -0.4 is 5.56 Å². The highest BCUT2D eigenvalue weighted by molar-refractivity contribution is 5.79. The summed E-state index contributed by atoms with van der Waals surface area (Å²) in [6, 6.07) is 11.4. The maximum Gasteiger partial charge on any atom is 0.259 e. The zero-order valence-electron chi connectivity index (χ0n) is 15.8. The molecule has 0 atom stereocenters. The van der Waals surface area contributed by atoms with Crippen molar-refractivity contribution in [2.75, 3.05) is 0 Å². The van der Waals surface area contributed by atoms with Gasteiger partial charge in [0.05, 0.1) is 16.5 Å². The van der Waals surface area contributed by atoms with E-state index in [1.807, 2.05) is 11.5 Å². The normalized spacial score (nSPS) is 11.3. The highest BCUT2D eigenvalue weighted by Gasteiger charge is 2.16. The average Bonchev–Trinajstić information content (AvgIpc) is 3.38. The van der Waals surface area contributed by atoms with Crippen molar-refractivity contribution in [3.8, 4) is 22.8 Å². The number of hydrogen-bond acceptors (Lipinski definition) is 6. The van der Waals surface area contributed by atoms with Gasteiger partial charge in [0, 0.05) is 18.0 Å². The predicted molar refractivity (Wildman–Crippen MR) is 107 cm³/mol. The number of aromatic amines is 1. The van der Waals surface area contributed by atoms with Crippen LogP contribution in [0, 0.1) is 12.7 Å². The third-order valence-corrected chi connectivity index (χ3v) is 4.79. The molecule has 8 nitrogen and oxygen atoms in total. The van der Waals surface area contributed by atoms with Crippen LogP contribution in [0.4, 0.5) is 4.39 Å². The maximum absolute atomic E-state index is 14.5. The molecule has 5 rings (SSSR count). The fraction of sp³-hybridized carbons (Fsp3) is 0.0952. The summed E-state index contributed by atoms with van der Waals surface area (Å²) in [6.07, 6.45) is 3.47. The summed E-state index contributed by atoms with van der Waals surface area (Å²) < 4.78 is 21.6. The van der Waals surface area contributed by atoms with E-state index in [0.717, 1.165) is 5.82 Å². The number of hydrogen-bond donors (Lipinski definition) is 1. The van der Waals surface area contributed by atoms with Crippen molar-refractivity contribution >= 4 is 10.9 Å². The number of benzene rings is 2. The third kappa shape index (κ3) is 3.16. The molecule has 0 aliphatic rings. The number of nitrogens with zero attached hydrogens (tertiary/aromatic N) is 5. The number of rotatable bonds is 4. The number of fused-ring (bicyclic) bond motifs is 1. The molecule has 2 aromatic carbocycles. The third-order valence-electron chi connectivity index (χ3n) is 4.79. The molecular weight excluding hydrogens is 387 g/mol. The van der Waals surface area contributed by atoms with E-state index in [1.165, 1.54) is 6.07 Å². The molecule has 0 amide bonds. The van der Waals surface area contributed by atoms with E-state index >= 15 is 0 Å². The van der Waals surface area contributed by atoms with Gasteiger partial charge in [0.1, 0.15) is 24.0 Å². The lowest BCUT2D eigenvalue weighted by atomic mass is 10.1. The van der Waals surface area contributed by atoms with Crippen LogP contribution in [-0.4, -0.2) is 29.7 Å². The van der Waals surface area contributed by atoms with Crippen LogP contribution in [0.5, 0.6) is 0 Å². The first-order chi connectivity index (χ1) is 14.6. The Morgan fingerprint density at radius 3 is 2.87 bits per heavy atom. The predicted octanol–water partition coefficient (Wildman–Crippen LogP) is 3.33. The van der Waals surface area contributed by atoms with Gasteiger partial charge in [-0.25, -0.2) is 14.4 Å². The van der Waals surface area contributed by atoms with Crippen molar-refractivity contribution in [1.29, 1.82) is 0 Å². The van der Waals surface area contributed by atoms with Crippen LogP contribution in [0.15, 0.2) is 64.2 Å². The Hall–Kier alpha value is -4.14. The summed E-state index contributed by atoms with van der Waals surface area (Å²) in [6.45, 7) is 2.19. The van der Waals surface area contributed by atoms with Gasteiger partial charge in [-0.05, 0) is 37.3 Å². The first-order valence-electron chi connectivity index (χ1n) is 9.18. The summed E-state index contributed by atoms with van der Waals surface area (Å²) >= 11 is 0. The van der Waals surface area contributed by atoms with Gasteiger partial charge in [-0.15, -0.1) is 0 Å². The number of para-hydroxylation sites is 1. The van der Waals surface area contributed by atoms with Gasteiger partial charge in [-0.3, -0.25) is 4.79 Å². The van der Waals surface area contributed by atoms with E-state index in [9.17, 15) is 9.18 Å². The largest absolute Gasteiger partial charge is 0.337 e. The highest BCUT2D eigenvalue weighted by atomic mass is 19.1. The molecule has 3 heterocycles. The number of imidazole rings is 1. The number of H-pyrrole nitrogens is 1. The van der Waals surface area contributed by atoms with Gasteiger partial charge in [-0.2, -0.15) is 4.98 Å². The lowest BCUT2D eigenvalue weighted by Gasteiger charge is -2.05. The van der Waals surface area contributed by atoms with Crippen LogP contribution in [0.25, 0.3) is 33.7 Å². The summed E-state index contributed by atoms with van der Waals surface area (Å²) in [7, 11) is 0. The van der Waals surface area contributed by atoms with E-state index in [1.54, 1.807) is 48.8 Å². The smallest absolute Gasteiger partial charge is 0.259 e. The molecule has 0 bridgehead atoms. The van der Waals surface area contributed by atoms with Crippen molar-refractivity contribution in [3.05, 3.63) is 82.7 Å². The molecule has 148 valence electrons. The second-order valence-corrected chi connectivity index (χ2v) is 6.74. The molecule has 0 saturated carbocycles. The van der Waals surface area contributed by atoms with E-state index in [2.05, 4.69) is 25.1 Å². The van der Waals surface area contributed by atoms with Gasteiger partial charge < -0.3 is 14.1 Å². The molecular formula is C21H15FN6O2. The first-order valence-corrected chi connectivity index (χ1v) is 9.18. The first kappa shape index (κ1) is 17.9. The zero-order valence-corrected chi connectivity index (χ0v) is 15.8. The Labute approximate surface area is 169 Å². The van der Waals surface area contributed by atoms with E-state index in [0.29, 0.717) is 34.7 Å². The number of halogens is 1. The van der Waals surface area contributed by atoms with Crippen molar-refractivity contribution in [3.63, 3.8) is 0 Å². The van der Waals surface area contributed by atoms with E-state index < -0.39 is 5.82 Å². The Bertz CT molecular complexity index is 1430. The van der Waals surface area contributed by atoms with Gasteiger partial charge in [0.2, 0.25) is 11.7 Å². The van der Waals surface area contributed by atoms with Crippen molar-refractivity contribution in [1.82, 2.24) is 29.7 Å². The fourth-order valence-corrected chi connectivity index (χ4v) is 3.21. The molecule has 30 heavy (non-hydrogen) atoms. The standard InChI is InChI=1S/C21H15FN6O2/c1-12-23-8-9-28(12)11-18-25-20(27-30-18)15-10-13(6-7-16(15)22)19-24-17-5-3-2-4-14(17)21(29)26-19/h2-10H,11H2,1H3,(H,24,26,29). The fourth-order valence-electron chi connectivity index (χ4n) is 3.21. The molecule has 9 heteroatoms. The van der Waals surface area contributed by atoms with Crippen molar-refractivity contribution in [2.24, 2.45) is 0 Å². The lowest BCUT2D eigenvalue weighted by molar-refractivity contribution is 0.370. The highest BCUT2D eigenvalue weighted by Crippen LogP contribution is 2.26. The minimum absolute atomic E-state index is 0.116. The summed E-state index contributed by atoms with van der Waals surface area (Å²) in [5.41, 5.74) is 0.977. The molecule has 0 spiro atoms. The van der Waals surface area contributed by atoms with E-state index in [-0.39, 0.29) is 16.9 Å². The van der Waals surface area contributed by atoms with Gasteiger partial charge in [0.25, 0.3) is 5.56 Å². The van der Waals surface area contributed by atoms with Crippen LogP contribution in [-0.2, 0) is 6.54 Å². The lowest BCUT2D eigenvalue weighted by Crippen LogP contribution is -2.09. The molecule has 0 unspecified atom stereocenters. The number of aromatic nitrogens is 6. The maximum atomic E-state index is 14.5. The Morgan fingerprint density at radius 2 is 2.03 bits per heavy atom. The SMILES string of the molecule is Cc1nccn1Cc1nc(-c2cc(-c3nc4ccccc4c(=O)[nH]3)ccc2F)no1. The Morgan fingerprint density at radius 1 is 1.17 bits per heavy atom. The Balaban J connectivity index is 1.53. The van der Waals surface area contributed by atoms with Crippen molar-refractivity contribution < 1.29 is 8.91 Å². The summed E-state index contributed by atoms with van der Waals surface area (Å²) in [4.78, 5) is 28.0. The van der Waals surface area contributed by atoms with Crippen molar-refractivity contribution in [2.45, 2.75) is 13.5 Å². The number of nitrogens with one attached hydrogen (secondary N) is 1. The van der Waals surface area contributed by atoms with Crippen LogP contribution in [0.2, 0.25) is 0 Å². The molecule has 0 aliphatic heterocycles. The van der Waals surface area contributed by atoms with Crippen LogP contribution in [0.1, 0.15) is 11.7 Å². The minimum atomic E-state index is -0.506. The molecule has 0 radical (unpaired) electrons. The monoisotopic (exact) mass is 402 g/mol. The number of aryl methyl sites for hydroxylation is 1. The molecule has 0 saturated heterocycles. The second kappa shape index (κ2) is 7.03. The van der Waals surface area contributed by atoms with Crippen LogP contribution in [0.3, 0.4) is 0 Å². The molecule has 5 aromatic rings. The summed E-state index contributed by atoms with van der Waals surface area (Å²) in [5.74, 6) is 1.07. The molecule has 3 aromatic heterocycles. The minimum Gasteiger partial charge on any atom is -0.337 e.